The number of rotatable bonds is 0. The Morgan fingerprint density at radius 1 is 0.786 bits per heavy atom. The first kappa shape index (κ1) is 11.3. The van der Waals surface area contributed by atoms with Gasteiger partial charge in [0.15, 0.2) is 0 Å². The van der Waals surface area contributed by atoms with Crippen molar-refractivity contribution in [3.05, 3.63) is 34.4 Å². The Morgan fingerprint density at radius 3 is 1.50 bits per heavy atom. The fraction of sp³-hybridized carbons (Fsp3) is 0.571. The summed E-state index contributed by atoms with van der Waals surface area (Å²) in [6, 6.07) is 4.76. The van der Waals surface area contributed by atoms with Gasteiger partial charge in [0.05, 0.1) is 0 Å². The van der Waals surface area contributed by atoms with E-state index in [-0.39, 0.29) is 0 Å². The van der Waals surface area contributed by atoms with Crippen molar-refractivity contribution in [2.24, 2.45) is 0 Å². The molecule has 1 aliphatic rings. The SMILES string of the molecule is CC.Cc1cc2c(cc1C)CCCC2. The van der Waals surface area contributed by atoms with E-state index in [1.54, 1.807) is 11.1 Å². The van der Waals surface area contributed by atoms with E-state index < -0.39 is 0 Å². The minimum absolute atomic E-state index is 1.30. The van der Waals surface area contributed by atoms with Crippen LogP contribution in [0, 0.1) is 13.8 Å². The highest BCUT2D eigenvalue weighted by Crippen LogP contribution is 2.23. The summed E-state index contributed by atoms with van der Waals surface area (Å²) < 4.78 is 0. The van der Waals surface area contributed by atoms with Gasteiger partial charge in [-0.15, -0.1) is 0 Å². The molecular formula is C14H22. The summed E-state index contributed by atoms with van der Waals surface area (Å²) in [6.45, 7) is 8.43. The summed E-state index contributed by atoms with van der Waals surface area (Å²) in [7, 11) is 0. The molecule has 0 N–H and O–H groups in total. The van der Waals surface area contributed by atoms with Crippen molar-refractivity contribution in [1.82, 2.24) is 0 Å². The molecule has 0 radical (unpaired) electrons. The Kier molecular flexibility index (Phi) is 4.19. The maximum absolute atomic E-state index is 2.38. The van der Waals surface area contributed by atoms with Crippen molar-refractivity contribution in [2.45, 2.75) is 53.4 Å². The van der Waals surface area contributed by atoms with Crippen LogP contribution in [0.5, 0.6) is 0 Å². The normalized spacial score (nSPS) is 14.0. The summed E-state index contributed by atoms with van der Waals surface area (Å²) in [5.74, 6) is 0. The highest BCUT2D eigenvalue weighted by molar-refractivity contribution is 5.38. The van der Waals surface area contributed by atoms with E-state index in [9.17, 15) is 0 Å². The lowest BCUT2D eigenvalue weighted by Crippen LogP contribution is -2.03. The third-order valence-corrected chi connectivity index (χ3v) is 2.96. The molecule has 0 aromatic heterocycles. The Morgan fingerprint density at radius 2 is 1.14 bits per heavy atom. The van der Waals surface area contributed by atoms with Crippen LogP contribution in [0.3, 0.4) is 0 Å². The van der Waals surface area contributed by atoms with Crippen LogP contribution in [-0.2, 0) is 12.8 Å². The first-order chi connectivity index (χ1) is 6.77. The van der Waals surface area contributed by atoms with Crippen LogP contribution in [-0.4, -0.2) is 0 Å². The topological polar surface area (TPSA) is 0 Å². The van der Waals surface area contributed by atoms with Gasteiger partial charge in [0, 0.05) is 0 Å². The van der Waals surface area contributed by atoms with E-state index in [1.165, 1.54) is 36.8 Å². The third-order valence-electron chi connectivity index (χ3n) is 2.96. The Bertz CT molecular complexity index is 266. The summed E-state index contributed by atoms with van der Waals surface area (Å²) in [4.78, 5) is 0. The molecule has 0 heteroatoms. The van der Waals surface area contributed by atoms with E-state index in [2.05, 4.69) is 26.0 Å². The van der Waals surface area contributed by atoms with Crippen LogP contribution >= 0.6 is 0 Å². The second-order valence-electron chi connectivity index (χ2n) is 3.91. The van der Waals surface area contributed by atoms with Gasteiger partial charge in [0.2, 0.25) is 0 Å². The molecule has 0 fully saturated rings. The van der Waals surface area contributed by atoms with Gasteiger partial charge in [0.25, 0.3) is 0 Å². The van der Waals surface area contributed by atoms with E-state index in [1.807, 2.05) is 13.8 Å². The number of aryl methyl sites for hydroxylation is 4. The second kappa shape index (κ2) is 5.19. The fourth-order valence-corrected chi connectivity index (χ4v) is 2.03. The van der Waals surface area contributed by atoms with Crippen molar-refractivity contribution in [1.29, 1.82) is 0 Å². The van der Waals surface area contributed by atoms with Crippen LogP contribution in [0.15, 0.2) is 12.1 Å². The molecule has 0 saturated heterocycles. The average Bonchev–Trinajstić information content (AvgIpc) is 2.23. The Hall–Kier alpha value is -0.780. The van der Waals surface area contributed by atoms with Gasteiger partial charge in [-0.05, 0) is 61.8 Å². The molecular weight excluding hydrogens is 168 g/mol. The molecule has 0 saturated carbocycles. The highest BCUT2D eigenvalue weighted by Gasteiger charge is 2.09. The lowest BCUT2D eigenvalue weighted by Gasteiger charge is -2.17. The zero-order valence-electron chi connectivity index (χ0n) is 9.98. The summed E-state index contributed by atoms with van der Waals surface area (Å²) >= 11 is 0. The van der Waals surface area contributed by atoms with Gasteiger partial charge in [-0.2, -0.15) is 0 Å². The van der Waals surface area contributed by atoms with Crippen molar-refractivity contribution in [2.75, 3.05) is 0 Å². The molecule has 1 aromatic rings. The van der Waals surface area contributed by atoms with E-state index in [0.29, 0.717) is 0 Å². The van der Waals surface area contributed by atoms with Gasteiger partial charge in [0.1, 0.15) is 0 Å². The van der Waals surface area contributed by atoms with Gasteiger partial charge >= 0.3 is 0 Å². The minimum Gasteiger partial charge on any atom is -0.0683 e. The van der Waals surface area contributed by atoms with E-state index in [4.69, 9.17) is 0 Å². The number of hydrogen-bond acceptors (Lipinski definition) is 0. The summed E-state index contributed by atoms with van der Waals surface area (Å²) in [5, 5.41) is 0. The Balaban J connectivity index is 0.000000461. The van der Waals surface area contributed by atoms with Gasteiger partial charge in [-0.3, -0.25) is 0 Å². The number of hydrogen-bond donors (Lipinski definition) is 0. The maximum atomic E-state index is 2.38. The van der Waals surface area contributed by atoms with Gasteiger partial charge < -0.3 is 0 Å². The molecule has 14 heavy (non-hydrogen) atoms. The average molecular weight is 190 g/mol. The molecule has 0 heterocycles. The van der Waals surface area contributed by atoms with Crippen molar-refractivity contribution >= 4 is 0 Å². The molecule has 0 nitrogen and oxygen atoms in total. The second-order valence-corrected chi connectivity index (χ2v) is 3.91. The standard InChI is InChI=1S/C12H16.C2H6/c1-9-7-11-5-3-4-6-12(11)8-10(9)2;1-2/h7-8H,3-6H2,1-2H3;1-2H3. The lowest BCUT2D eigenvalue weighted by molar-refractivity contribution is 0.684. The van der Waals surface area contributed by atoms with Crippen molar-refractivity contribution in [3.63, 3.8) is 0 Å². The fourth-order valence-electron chi connectivity index (χ4n) is 2.03. The third kappa shape index (κ3) is 2.37. The Labute approximate surface area is 88.4 Å². The molecule has 0 bridgehead atoms. The van der Waals surface area contributed by atoms with Crippen LogP contribution in [0.1, 0.15) is 48.9 Å². The molecule has 0 spiro atoms. The van der Waals surface area contributed by atoms with Gasteiger partial charge in [-0.25, -0.2) is 0 Å². The van der Waals surface area contributed by atoms with Gasteiger partial charge in [-0.1, -0.05) is 26.0 Å². The highest BCUT2D eigenvalue weighted by atomic mass is 14.1. The van der Waals surface area contributed by atoms with Crippen LogP contribution < -0.4 is 0 Å². The first-order valence-corrected chi connectivity index (χ1v) is 5.86. The summed E-state index contributed by atoms with van der Waals surface area (Å²) in [5.41, 5.74) is 6.11. The predicted octanol–water partition coefficient (Wildman–Crippen LogP) is 4.21. The molecule has 0 atom stereocenters. The van der Waals surface area contributed by atoms with Crippen molar-refractivity contribution < 1.29 is 0 Å². The smallest absolute Gasteiger partial charge is 0.0276 e. The first-order valence-electron chi connectivity index (χ1n) is 5.86. The molecule has 0 unspecified atom stereocenters. The largest absolute Gasteiger partial charge is 0.0683 e. The zero-order chi connectivity index (χ0) is 10.6. The van der Waals surface area contributed by atoms with Crippen LogP contribution in [0.4, 0.5) is 0 Å². The molecule has 0 amide bonds. The molecule has 2 rings (SSSR count). The van der Waals surface area contributed by atoms with Crippen molar-refractivity contribution in [3.8, 4) is 0 Å². The molecule has 1 aromatic carbocycles. The predicted molar refractivity (Wildman–Crippen MR) is 63.9 cm³/mol. The minimum atomic E-state index is 1.30. The lowest BCUT2D eigenvalue weighted by atomic mass is 9.89. The van der Waals surface area contributed by atoms with Crippen LogP contribution in [0.25, 0.3) is 0 Å². The maximum Gasteiger partial charge on any atom is -0.0276 e. The zero-order valence-corrected chi connectivity index (χ0v) is 9.98. The van der Waals surface area contributed by atoms with E-state index in [0.717, 1.165) is 0 Å². The summed E-state index contributed by atoms with van der Waals surface area (Å²) in [6.07, 6.45) is 5.37. The quantitative estimate of drug-likeness (QED) is 0.575. The van der Waals surface area contributed by atoms with Crippen LogP contribution in [0.2, 0.25) is 0 Å². The molecule has 0 aliphatic heterocycles. The molecule has 1 aliphatic carbocycles. The number of benzene rings is 1. The number of fused-ring (bicyclic) bond motifs is 1. The van der Waals surface area contributed by atoms with E-state index >= 15 is 0 Å². The molecule has 78 valence electrons. The monoisotopic (exact) mass is 190 g/mol.